The fraction of sp³-hybridized carbons (Fsp3) is 1.00. The molecule has 0 heterocycles. The quantitative estimate of drug-likeness (QED) is 0.474. The van der Waals surface area contributed by atoms with Crippen LogP contribution in [0.25, 0.3) is 0 Å². The monoisotopic (exact) mass is 432 g/mol. The van der Waals surface area contributed by atoms with Gasteiger partial charge in [-0.1, -0.05) is 0 Å². The third-order valence-electron chi connectivity index (χ3n) is 2.81. The molecule has 0 aromatic carbocycles. The van der Waals surface area contributed by atoms with Gasteiger partial charge in [-0.05, 0) is 0 Å². The average Bonchev–Trinajstić information content (AvgIpc) is 2.34. The molecule has 18 heteroatoms. The zero-order valence-electron chi connectivity index (χ0n) is 11.2. The minimum Gasteiger partial charge on any atom is -0.267 e. The zero-order valence-corrected chi connectivity index (χ0v) is 11.2. The molecule has 0 atom stereocenters. The normalized spacial score (nSPS) is 16.8. The van der Waals surface area contributed by atoms with Gasteiger partial charge in [0.05, 0.1) is 0 Å². The van der Waals surface area contributed by atoms with Crippen LogP contribution in [0.5, 0.6) is 0 Å². The second-order valence-corrected chi connectivity index (χ2v) is 4.69. The van der Waals surface area contributed by atoms with E-state index in [2.05, 4.69) is 11.5 Å². The van der Waals surface area contributed by atoms with Gasteiger partial charge in [-0.25, -0.2) is 0 Å². The molecule has 0 rings (SSSR count). The molecule has 0 saturated carbocycles. The fourth-order valence-electron chi connectivity index (χ4n) is 1.21. The van der Waals surface area contributed by atoms with Gasteiger partial charge in [0.15, 0.2) is 0 Å². The maximum absolute atomic E-state index is 13.0. The number of hydrogen-bond donors (Lipinski definition) is 2. The number of hydrogen-bond acceptors (Lipinski definition) is 2. The molecule has 2 nitrogen and oxygen atoms in total. The lowest BCUT2D eigenvalue weighted by molar-refractivity contribution is -0.452. The lowest BCUT2D eigenvalue weighted by Gasteiger charge is -2.42. The van der Waals surface area contributed by atoms with Gasteiger partial charge >= 0.3 is 47.6 Å². The van der Waals surface area contributed by atoms with Crippen LogP contribution in [0.2, 0.25) is 0 Å². The van der Waals surface area contributed by atoms with Crippen LogP contribution < -0.4 is 11.5 Å². The minimum absolute atomic E-state index is 3.09. The minimum atomic E-state index is -8.45. The Morgan fingerprint density at radius 1 is 0.269 bits per heavy atom. The van der Waals surface area contributed by atoms with Gasteiger partial charge in [0.2, 0.25) is 0 Å². The summed E-state index contributed by atoms with van der Waals surface area (Å²) in [6, 6.07) is -13.5. The van der Waals surface area contributed by atoms with E-state index in [1.54, 1.807) is 0 Å². The highest BCUT2D eigenvalue weighted by Gasteiger charge is 2.94. The van der Waals surface area contributed by atoms with Gasteiger partial charge in [0.25, 0.3) is 0 Å². The van der Waals surface area contributed by atoms with Gasteiger partial charge in [-0.15, -0.1) is 0 Å². The number of alkyl halides is 16. The third-order valence-corrected chi connectivity index (χ3v) is 2.81. The van der Waals surface area contributed by atoms with E-state index in [1.807, 2.05) is 0 Å². The van der Waals surface area contributed by atoms with Crippen molar-refractivity contribution in [3.8, 4) is 0 Å². The summed E-state index contributed by atoms with van der Waals surface area (Å²) in [6.45, 7) is 0. The maximum atomic E-state index is 13.0. The van der Waals surface area contributed by atoms with Gasteiger partial charge in [0.1, 0.15) is 0 Å². The Bertz CT molecular complexity index is 477. The molecule has 0 bridgehead atoms. The van der Waals surface area contributed by atoms with Crippen LogP contribution in [0, 0.1) is 0 Å². The standard InChI is InChI=1S/C8H4F16N2/c9-1(10,3(13,14)5(17,18)7(21,22)25)2(11,12)4(15,16)6(19,20)8(23,24)26/h25-26H2. The smallest absolute Gasteiger partial charge is 0.267 e. The summed E-state index contributed by atoms with van der Waals surface area (Å²) in [5, 5.41) is 0. The van der Waals surface area contributed by atoms with Crippen molar-refractivity contribution in [2.75, 3.05) is 0 Å². The summed E-state index contributed by atoms with van der Waals surface area (Å²) in [5.74, 6) is -48.8. The highest BCUT2D eigenvalue weighted by molar-refractivity contribution is 5.14. The highest BCUT2D eigenvalue weighted by Crippen LogP contribution is 2.62. The molecule has 0 aromatic heterocycles. The lowest BCUT2D eigenvalue weighted by Crippen LogP contribution is -2.76. The first-order chi connectivity index (χ1) is 10.8. The van der Waals surface area contributed by atoms with E-state index in [0.717, 1.165) is 0 Å². The maximum Gasteiger partial charge on any atom is 0.392 e. The van der Waals surface area contributed by atoms with E-state index < -0.39 is 47.6 Å². The van der Waals surface area contributed by atoms with E-state index in [9.17, 15) is 70.2 Å². The Labute approximate surface area is 131 Å². The zero-order chi connectivity index (χ0) is 22.0. The Morgan fingerprint density at radius 3 is 0.500 bits per heavy atom. The summed E-state index contributed by atoms with van der Waals surface area (Å²) in [4.78, 5) is 0. The van der Waals surface area contributed by atoms with E-state index >= 15 is 0 Å². The topological polar surface area (TPSA) is 52.0 Å². The molecular weight excluding hydrogens is 428 g/mol. The number of rotatable bonds is 7. The van der Waals surface area contributed by atoms with Crippen molar-refractivity contribution in [1.82, 2.24) is 0 Å². The Morgan fingerprint density at radius 2 is 0.385 bits per heavy atom. The molecule has 26 heavy (non-hydrogen) atoms. The largest absolute Gasteiger partial charge is 0.392 e. The van der Waals surface area contributed by atoms with Crippen molar-refractivity contribution in [2.24, 2.45) is 11.5 Å². The summed E-state index contributed by atoms with van der Waals surface area (Å²) in [5.41, 5.74) is 6.17. The van der Waals surface area contributed by atoms with Crippen molar-refractivity contribution in [3.05, 3.63) is 0 Å². The summed E-state index contributed by atoms with van der Waals surface area (Å²) < 4.78 is 202. The van der Waals surface area contributed by atoms with E-state index in [-0.39, 0.29) is 0 Å². The molecule has 0 aliphatic carbocycles. The predicted molar refractivity (Wildman–Crippen MR) is 48.0 cm³/mol. The van der Waals surface area contributed by atoms with Crippen LogP contribution in [-0.2, 0) is 0 Å². The van der Waals surface area contributed by atoms with Crippen LogP contribution in [-0.4, -0.2) is 47.6 Å². The van der Waals surface area contributed by atoms with Gasteiger partial charge < -0.3 is 0 Å². The van der Waals surface area contributed by atoms with Crippen LogP contribution >= 0.6 is 0 Å². The third kappa shape index (κ3) is 2.84. The summed E-state index contributed by atoms with van der Waals surface area (Å²) in [6.07, 6.45) is 0. The second kappa shape index (κ2) is 5.65. The van der Waals surface area contributed by atoms with Crippen molar-refractivity contribution in [3.63, 3.8) is 0 Å². The first-order valence-electron chi connectivity index (χ1n) is 5.35. The number of nitrogens with two attached hydrogens (primary N) is 2. The van der Waals surface area contributed by atoms with Crippen molar-refractivity contribution < 1.29 is 70.2 Å². The van der Waals surface area contributed by atoms with Crippen molar-refractivity contribution >= 4 is 0 Å². The van der Waals surface area contributed by atoms with Gasteiger partial charge in [-0.3, -0.25) is 11.5 Å². The van der Waals surface area contributed by atoms with Crippen LogP contribution in [0.4, 0.5) is 70.2 Å². The Kier molecular flexibility index (Phi) is 5.39. The van der Waals surface area contributed by atoms with Crippen molar-refractivity contribution in [2.45, 2.75) is 47.6 Å². The van der Waals surface area contributed by atoms with Gasteiger partial charge in [-0.2, -0.15) is 70.2 Å². The molecule has 0 aliphatic heterocycles. The van der Waals surface area contributed by atoms with Gasteiger partial charge in [0, 0.05) is 0 Å². The predicted octanol–water partition coefficient (Wildman–Crippen LogP) is 3.90. The molecule has 0 aliphatic rings. The Hall–Kier alpha value is -1.20. The molecule has 0 unspecified atom stereocenters. The van der Waals surface area contributed by atoms with E-state index in [1.165, 1.54) is 0 Å². The molecule has 0 saturated heterocycles. The molecule has 0 aromatic rings. The Balaban J connectivity index is 6.61. The van der Waals surface area contributed by atoms with Crippen LogP contribution in [0.3, 0.4) is 0 Å². The van der Waals surface area contributed by atoms with E-state index in [0.29, 0.717) is 0 Å². The average molecular weight is 432 g/mol. The molecule has 0 amide bonds. The SMILES string of the molecule is NC(F)(F)C(F)(F)C(F)(F)C(F)(F)C(F)(F)C(F)(F)C(F)(F)C(N)(F)F. The molecule has 0 fully saturated rings. The van der Waals surface area contributed by atoms with Crippen molar-refractivity contribution in [1.29, 1.82) is 0 Å². The van der Waals surface area contributed by atoms with Crippen LogP contribution in [0.1, 0.15) is 0 Å². The first-order valence-corrected chi connectivity index (χ1v) is 5.35. The molecule has 4 N–H and O–H groups in total. The number of halogens is 16. The molecule has 0 radical (unpaired) electrons. The molecule has 158 valence electrons. The highest BCUT2D eigenvalue weighted by atomic mass is 19.4. The first kappa shape index (κ1) is 24.8. The summed E-state index contributed by atoms with van der Waals surface area (Å²) in [7, 11) is 0. The molecule has 0 spiro atoms. The summed E-state index contributed by atoms with van der Waals surface area (Å²) >= 11 is 0. The van der Waals surface area contributed by atoms with E-state index in [4.69, 9.17) is 0 Å². The second-order valence-electron chi connectivity index (χ2n) is 4.69. The van der Waals surface area contributed by atoms with Crippen LogP contribution in [0.15, 0.2) is 0 Å². The molecular formula is C8H4F16N2. The fourth-order valence-corrected chi connectivity index (χ4v) is 1.21. The lowest BCUT2D eigenvalue weighted by atomic mass is 9.90.